The molecule has 3 heteroatoms. The zero-order valence-electron chi connectivity index (χ0n) is 11.4. The highest BCUT2D eigenvalue weighted by Crippen LogP contribution is 2.47. The van der Waals surface area contributed by atoms with Gasteiger partial charge < -0.3 is 4.74 Å². The maximum Gasteiger partial charge on any atom is 0.173 e. The average Bonchev–Trinajstić information content (AvgIpc) is 3.11. The Kier molecular flexibility index (Phi) is 4.23. The molecule has 0 aliphatic carbocycles. The second kappa shape index (κ2) is 5.54. The fraction of sp³-hybridized carbons (Fsp3) is 0.600. The molecule has 100 valence electrons. The molecule has 1 saturated heterocycles. The molecular weight excluding hydrogens is 244 g/mol. The highest BCUT2D eigenvalue weighted by Gasteiger charge is 2.59. The van der Waals surface area contributed by atoms with Crippen LogP contribution in [0.15, 0.2) is 29.2 Å². The maximum absolute atomic E-state index is 12.6. The smallest absolute Gasteiger partial charge is 0.173 e. The summed E-state index contributed by atoms with van der Waals surface area (Å²) in [6.45, 7) is 6.28. The summed E-state index contributed by atoms with van der Waals surface area (Å²) in [7, 11) is -1.05. The van der Waals surface area contributed by atoms with E-state index in [1.54, 1.807) is 0 Å². The quantitative estimate of drug-likeness (QED) is 0.733. The van der Waals surface area contributed by atoms with Crippen LogP contribution < -0.4 is 0 Å². The minimum Gasteiger partial charge on any atom is -0.351 e. The summed E-state index contributed by atoms with van der Waals surface area (Å²) in [6.07, 6.45) is 4.35. The average molecular weight is 266 g/mol. The van der Waals surface area contributed by atoms with Gasteiger partial charge >= 0.3 is 0 Å². The number of benzene rings is 1. The molecule has 0 saturated carbocycles. The number of epoxide rings is 1. The summed E-state index contributed by atoms with van der Waals surface area (Å²) in [6, 6.07) is 7.95. The largest absolute Gasteiger partial charge is 0.351 e. The Hall–Kier alpha value is -0.670. The lowest BCUT2D eigenvalue weighted by molar-refractivity contribution is 0.338. The van der Waals surface area contributed by atoms with Crippen molar-refractivity contribution in [3.8, 4) is 0 Å². The third kappa shape index (κ3) is 2.52. The van der Waals surface area contributed by atoms with Crippen molar-refractivity contribution in [1.29, 1.82) is 0 Å². The van der Waals surface area contributed by atoms with Crippen molar-refractivity contribution in [3.05, 3.63) is 29.8 Å². The second-order valence-electron chi connectivity index (χ2n) is 5.00. The van der Waals surface area contributed by atoms with Crippen molar-refractivity contribution >= 4 is 10.8 Å². The van der Waals surface area contributed by atoms with E-state index in [4.69, 9.17) is 4.74 Å². The lowest BCUT2D eigenvalue weighted by Crippen LogP contribution is -2.21. The van der Waals surface area contributed by atoms with E-state index in [1.165, 1.54) is 5.56 Å². The molecule has 0 aromatic heterocycles. The van der Waals surface area contributed by atoms with E-state index in [0.717, 1.165) is 30.6 Å². The van der Waals surface area contributed by atoms with Crippen molar-refractivity contribution in [3.63, 3.8) is 0 Å². The van der Waals surface area contributed by atoms with E-state index >= 15 is 0 Å². The maximum atomic E-state index is 12.6. The predicted molar refractivity (Wildman–Crippen MR) is 75.0 cm³/mol. The molecule has 1 aromatic rings. The molecule has 0 unspecified atom stereocenters. The van der Waals surface area contributed by atoms with Crippen LogP contribution in [0.5, 0.6) is 0 Å². The number of rotatable bonds is 6. The van der Waals surface area contributed by atoms with E-state index < -0.39 is 15.7 Å². The topological polar surface area (TPSA) is 29.6 Å². The summed E-state index contributed by atoms with van der Waals surface area (Å²) >= 11 is 0. The summed E-state index contributed by atoms with van der Waals surface area (Å²) < 4.78 is 18.4. The molecule has 0 spiro atoms. The fourth-order valence-corrected chi connectivity index (χ4v) is 3.95. The standard InChI is InChI=1S/C15H22O2S/c1-4-6-7-14-15(5-2,17-14)18(16)13-10-8-12(3)9-11-13/h8-11,14H,4-7H2,1-3H3/t14-,15+,18-/m0/s1. The van der Waals surface area contributed by atoms with Crippen LogP contribution in [0.3, 0.4) is 0 Å². The van der Waals surface area contributed by atoms with Crippen LogP contribution in [-0.4, -0.2) is 15.2 Å². The van der Waals surface area contributed by atoms with Gasteiger partial charge in [-0.05, 0) is 31.9 Å². The van der Waals surface area contributed by atoms with Crippen LogP contribution in [0, 0.1) is 6.92 Å². The molecule has 0 radical (unpaired) electrons. The fourth-order valence-electron chi connectivity index (χ4n) is 2.34. The molecule has 0 N–H and O–H groups in total. The SMILES string of the molecule is CCCC[C@@H]1O[C@]1(CC)[S@@](=O)c1ccc(C)cc1. The van der Waals surface area contributed by atoms with Gasteiger partial charge in [0.2, 0.25) is 0 Å². The molecule has 1 aliphatic heterocycles. The van der Waals surface area contributed by atoms with Gasteiger partial charge in [-0.2, -0.15) is 0 Å². The van der Waals surface area contributed by atoms with Crippen LogP contribution in [0.2, 0.25) is 0 Å². The molecule has 2 nitrogen and oxygen atoms in total. The minimum atomic E-state index is -1.05. The van der Waals surface area contributed by atoms with Crippen LogP contribution in [0.4, 0.5) is 0 Å². The first-order valence-electron chi connectivity index (χ1n) is 6.80. The molecule has 0 amide bonds. The van der Waals surface area contributed by atoms with Crippen molar-refractivity contribution in [2.45, 2.75) is 62.4 Å². The van der Waals surface area contributed by atoms with Gasteiger partial charge in [-0.25, -0.2) is 0 Å². The van der Waals surface area contributed by atoms with Crippen LogP contribution in [0.1, 0.15) is 45.1 Å². The number of ether oxygens (including phenoxy) is 1. The molecule has 18 heavy (non-hydrogen) atoms. The second-order valence-corrected chi connectivity index (χ2v) is 6.70. The number of hydrogen-bond acceptors (Lipinski definition) is 2. The van der Waals surface area contributed by atoms with Gasteiger partial charge in [0, 0.05) is 4.90 Å². The van der Waals surface area contributed by atoms with E-state index in [1.807, 2.05) is 31.2 Å². The molecule has 1 fully saturated rings. The Balaban J connectivity index is 2.10. The van der Waals surface area contributed by atoms with E-state index in [0.29, 0.717) is 0 Å². The van der Waals surface area contributed by atoms with Gasteiger partial charge in [-0.3, -0.25) is 4.21 Å². The molecule has 2 rings (SSSR count). The van der Waals surface area contributed by atoms with Crippen molar-refractivity contribution in [2.75, 3.05) is 0 Å². The highest BCUT2D eigenvalue weighted by molar-refractivity contribution is 7.86. The normalized spacial score (nSPS) is 28.1. The Morgan fingerprint density at radius 2 is 1.94 bits per heavy atom. The Morgan fingerprint density at radius 3 is 2.50 bits per heavy atom. The van der Waals surface area contributed by atoms with E-state index in [2.05, 4.69) is 13.8 Å². The summed E-state index contributed by atoms with van der Waals surface area (Å²) in [4.78, 5) is 0.478. The first-order chi connectivity index (χ1) is 8.64. The van der Waals surface area contributed by atoms with Gasteiger partial charge in [-0.15, -0.1) is 0 Å². The van der Waals surface area contributed by atoms with Gasteiger partial charge in [0.15, 0.2) is 4.93 Å². The van der Waals surface area contributed by atoms with Crippen molar-refractivity contribution < 1.29 is 8.95 Å². The minimum absolute atomic E-state index is 0.185. The van der Waals surface area contributed by atoms with Crippen LogP contribution in [0.25, 0.3) is 0 Å². The van der Waals surface area contributed by atoms with Crippen LogP contribution in [-0.2, 0) is 15.5 Å². The molecule has 1 heterocycles. The zero-order valence-corrected chi connectivity index (χ0v) is 12.3. The highest BCUT2D eigenvalue weighted by atomic mass is 32.2. The van der Waals surface area contributed by atoms with Gasteiger partial charge in [0.05, 0.1) is 10.8 Å². The monoisotopic (exact) mass is 266 g/mol. The molecule has 0 bridgehead atoms. The van der Waals surface area contributed by atoms with Gasteiger partial charge in [-0.1, -0.05) is 44.4 Å². The first-order valence-corrected chi connectivity index (χ1v) is 7.95. The van der Waals surface area contributed by atoms with Crippen molar-refractivity contribution in [2.24, 2.45) is 0 Å². The molecule has 3 atom stereocenters. The first kappa shape index (κ1) is 13.8. The third-order valence-corrected chi connectivity index (χ3v) is 5.61. The Labute approximate surface area is 112 Å². The summed E-state index contributed by atoms with van der Waals surface area (Å²) in [5.41, 5.74) is 1.19. The third-order valence-electron chi connectivity index (χ3n) is 3.64. The van der Waals surface area contributed by atoms with Gasteiger partial charge in [0.1, 0.15) is 6.10 Å². The number of hydrogen-bond donors (Lipinski definition) is 0. The molecular formula is C15H22O2S. The summed E-state index contributed by atoms with van der Waals surface area (Å²) in [5.74, 6) is 0. The molecule has 1 aliphatic rings. The van der Waals surface area contributed by atoms with Crippen LogP contribution >= 0.6 is 0 Å². The number of unbranched alkanes of at least 4 members (excludes halogenated alkanes) is 1. The zero-order chi connectivity index (χ0) is 13.2. The van der Waals surface area contributed by atoms with E-state index in [9.17, 15) is 4.21 Å². The van der Waals surface area contributed by atoms with Crippen molar-refractivity contribution in [1.82, 2.24) is 0 Å². The van der Waals surface area contributed by atoms with Gasteiger partial charge in [0.25, 0.3) is 0 Å². The Bertz CT molecular complexity index is 427. The Morgan fingerprint density at radius 1 is 1.28 bits per heavy atom. The lowest BCUT2D eigenvalue weighted by Gasteiger charge is -2.10. The predicted octanol–water partition coefficient (Wildman–Crippen LogP) is 3.80. The van der Waals surface area contributed by atoms with E-state index in [-0.39, 0.29) is 6.10 Å². The lowest BCUT2D eigenvalue weighted by atomic mass is 10.1. The molecule has 1 aromatic carbocycles. The summed E-state index contributed by atoms with van der Waals surface area (Å²) in [5, 5.41) is 0. The number of aryl methyl sites for hydroxylation is 1.